The summed E-state index contributed by atoms with van der Waals surface area (Å²) in [5, 5.41) is 19.4. The highest BCUT2D eigenvalue weighted by Gasteiger charge is 2.27. The molecule has 0 radical (unpaired) electrons. The van der Waals surface area contributed by atoms with Crippen molar-refractivity contribution in [3.8, 4) is 5.75 Å². The lowest BCUT2D eigenvalue weighted by atomic mass is 10.1. The van der Waals surface area contributed by atoms with Crippen molar-refractivity contribution < 1.29 is 24.5 Å². The Morgan fingerprint density at radius 2 is 2.22 bits per heavy atom. The minimum absolute atomic E-state index is 0.117. The molecule has 1 aromatic heterocycles. The summed E-state index contributed by atoms with van der Waals surface area (Å²) in [4.78, 5) is 15.1. The van der Waals surface area contributed by atoms with Gasteiger partial charge in [-0.3, -0.25) is 0 Å². The number of anilines is 1. The molecule has 0 spiro atoms. The monoisotopic (exact) mass is 256 g/mol. The van der Waals surface area contributed by atoms with Gasteiger partial charge in [0.15, 0.2) is 17.7 Å². The Morgan fingerprint density at radius 1 is 1.56 bits per heavy atom. The minimum Gasteiger partial charge on any atom is -0.493 e. The summed E-state index contributed by atoms with van der Waals surface area (Å²) in [7, 11) is 1.39. The number of methoxy groups -OCH3 is 1. The van der Waals surface area contributed by atoms with Crippen LogP contribution in [0.5, 0.6) is 5.75 Å². The first-order valence-corrected chi connectivity index (χ1v) is 5.33. The van der Waals surface area contributed by atoms with Gasteiger partial charge in [0.2, 0.25) is 0 Å². The van der Waals surface area contributed by atoms with Gasteiger partial charge in [-0.2, -0.15) is 0 Å². The average Bonchev–Trinajstić information content (AvgIpc) is 2.38. The summed E-state index contributed by atoms with van der Waals surface area (Å²) < 4.78 is 9.53. The molecule has 0 aliphatic rings. The van der Waals surface area contributed by atoms with E-state index in [4.69, 9.17) is 10.5 Å². The first kappa shape index (κ1) is 14.2. The van der Waals surface area contributed by atoms with Crippen molar-refractivity contribution in [2.24, 2.45) is 0 Å². The third kappa shape index (κ3) is 3.08. The van der Waals surface area contributed by atoms with Gasteiger partial charge in [0.05, 0.1) is 13.7 Å². The van der Waals surface area contributed by atoms with E-state index in [0.717, 1.165) is 0 Å². The molecule has 7 nitrogen and oxygen atoms in total. The second kappa shape index (κ2) is 6.18. The zero-order valence-electron chi connectivity index (χ0n) is 10.2. The largest absolute Gasteiger partial charge is 0.493 e. The lowest BCUT2D eigenvalue weighted by molar-refractivity contribution is -0.159. The van der Waals surface area contributed by atoms with Crippen molar-refractivity contribution >= 4 is 11.8 Å². The molecule has 2 unspecified atom stereocenters. The van der Waals surface area contributed by atoms with Crippen LogP contribution in [0.3, 0.4) is 0 Å². The maximum absolute atomic E-state index is 11.3. The number of ether oxygens (including phenoxy) is 2. The molecule has 0 aromatic carbocycles. The van der Waals surface area contributed by atoms with Gasteiger partial charge >= 0.3 is 5.97 Å². The first-order chi connectivity index (χ1) is 8.51. The third-order valence-electron chi connectivity index (χ3n) is 2.29. The Kier molecular flexibility index (Phi) is 4.87. The number of esters is 1. The molecule has 0 amide bonds. The van der Waals surface area contributed by atoms with Gasteiger partial charge in [0.1, 0.15) is 6.10 Å². The highest BCUT2D eigenvalue weighted by atomic mass is 16.5. The molecule has 0 bridgehead atoms. The molecule has 1 aromatic rings. The van der Waals surface area contributed by atoms with Crippen molar-refractivity contribution in [3.05, 3.63) is 17.8 Å². The standard InChI is InChI=1S/C11H16N2O5/c1-3-18-11(16)9(15)8(14)6-4-7(17-2)10(12)13-5-6/h4-5,8-9,14-15H,3H2,1-2H3,(H2,12,13). The topological polar surface area (TPSA) is 115 Å². The highest BCUT2D eigenvalue weighted by Crippen LogP contribution is 2.25. The van der Waals surface area contributed by atoms with Crippen LogP contribution in [-0.2, 0) is 9.53 Å². The molecule has 0 aliphatic heterocycles. The van der Waals surface area contributed by atoms with Gasteiger partial charge in [-0.25, -0.2) is 9.78 Å². The van der Waals surface area contributed by atoms with Crippen molar-refractivity contribution in [1.29, 1.82) is 0 Å². The summed E-state index contributed by atoms with van der Waals surface area (Å²) in [6.07, 6.45) is -1.88. The van der Waals surface area contributed by atoms with E-state index in [2.05, 4.69) is 9.72 Å². The number of carbonyl (C=O) groups excluding carboxylic acids is 1. The Bertz CT molecular complexity index is 424. The predicted molar refractivity (Wildman–Crippen MR) is 62.8 cm³/mol. The average molecular weight is 256 g/mol. The number of nitrogens with zero attached hydrogens (tertiary/aromatic N) is 1. The second-order valence-electron chi connectivity index (χ2n) is 3.50. The van der Waals surface area contributed by atoms with E-state index in [1.165, 1.54) is 19.4 Å². The fourth-order valence-electron chi connectivity index (χ4n) is 1.33. The van der Waals surface area contributed by atoms with Gasteiger partial charge < -0.3 is 25.4 Å². The molecule has 0 saturated carbocycles. The van der Waals surface area contributed by atoms with Crippen molar-refractivity contribution in [1.82, 2.24) is 4.98 Å². The number of hydrogen-bond acceptors (Lipinski definition) is 7. The Labute approximate surface area is 104 Å². The lowest BCUT2D eigenvalue weighted by Crippen LogP contribution is -2.30. The summed E-state index contributed by atoms with van der Waals surface area (Å²) in [5.41, 5.74) is 5.72. The van der Waals surface area contributed by atoms with Crippen LogP contribution in [0.1, 0.15) is 18.6 Å². The molecule has 100 valence electrons. The fraction of sp³-hybridized carbons (Fsp3) is 0.455. The van der Waals surface area contributed by atoms with Crippen LogP contribution in [-0.4, -0.2) is 41.0 Å². The van der Waals surface area contributed by atoms with E-state index in [1.807, 2.05) is 0 Å². The molecule has 1 rings (SSSR count). The number of nitrogens with two attached hydrogens (primary N) is 1. The van der Waals surface area contributed by atoms with E-state index in [0.29, 0.717) is 0 Å². The lowest BCUT2D eigenvalue weighted by Gasteiger charge is -2.17. The Hall–Kier alpha value is -1.86. The molecule has 1 heterocycles. The van der Waals surface area contributed by atoms with Crippen LogP contribution in [0, 0.1) is 0 Å². The van der Waals surface area contributed by atoms with Gasteiger partial charge in [0, 0.05) is 11.8 Å². The number of aromatic nitrogens is 1. The number of nitrogen functional groups attached to an aromatic ring is 1. The fourth-order valence-corrected chi connectivity index (χ4v) is 1.33. The summed E-state index contributed by atoms with van der Waals surface area (Å²) in [5.74, 6) is -0.498. The number of carbonyl (C=O) groups is 1. The van der Waals surface area contributed by atoms with Crippen LogP contribution < -0.4 is 10.5 Å². The van der Waals surface area contributed by atoms with Crippen LogP contribution in [0.15, 0.2) is 12.3 Å². The number of aliphatic hydroxyl groups excluding tert-OH is 2. The normalized spacial score (nSPS) is 13.8. The van der Waals surface area contributed by atoms with Crippen molar-refractivity contribution in [2.45, 2.75) is 19.1 Å². The molecular weight excluding hydrogens is 240 g/mol. The number of rotatable bonds is 5. The zero-order chi connectivity index (χ0) is 13.7. The summed E-state index contributed by atoms with van der Waals surface area (Å²) in [6, 6.07) is 1.40. The minimum atomic E-state index is -1.68. The van der Waals surface area contributed by atoms with Crippen molar-refractivity contribution in [2.75, 3.05) is 19.5 Å². The molecule has 18 heavy (non-hydrogen) atoms. The Balaban J connectivity index is 2.89. The van der Waals surface area contributed by atoms with Gasteiger partial charge in [0.25, 0.3) is 0 Å². The van der Waals surface area contributed by atoms with E-state index in [9.17, 15) is 15.0 Å². The molecule has 0 saturated heterocycles. The number of hydrogen-bond donors (Lipinski definition) is 3. The van der Waals surface area contributed by atoms with Crippen molar-refractivity contribution in [3.63, 3.8) is 0 Å². The molecule has 2 atom stereocenters. The summed E-state index contributed by atoms with van der Waals surface area (Å²) >= 11 is 0. The predicted octanol–water partition coefficient (Wildman–Crippen LogP) is -0.370. The zero-order valence-corrected chi connectivity index (χ0v) is 10.2. The summed E-state index contributed by atoms with van der Waals surface area (Å²) in [6.45, 7) is 1.72. The molecular formula is C11H16N2O5. The van der Waals surface area contributed by atoms with E-state index < -0.39 is 18.2 Å². The molecule has 4 N–H and O–H groups in total. The van der Waals surface area contributed by atoms with Gasteiger partial charge in [-0.1, -0.05) is 0 Å². The third-order valence-corrected chi connectivity index (χ3v) is 2.29. The van der Waals surface area contributed by atoms with E-state index in [1.54, 1.807) is 6.92 Å². The van der Waals surface area contributed by atoms with Gasteiger partial charge in [-0.05, 0) is 13.0 Å². The molecule has 7 heteroatoms. The molecule has 0 fully saturated rings. The van der Waals surface area contributed by atoms with Crippen LogP contribution >= 0.6 is 0 Å². The van der Waals surface area contributed by atoms with Crippen LogP contribution in [0.25, 0.3) is 0 Å². The number of aliphatic hydroxyl groups is 2. The first-order valence-electron chi connectivity index (χ1n) is 5.33. The van der Waals surface area contributed by atoms with Gasteiger partial charge in [-0.15, -0.1) is 0 Å². The Morgan fingerprint density at radius 3 is 2.78 bits per heavy atom. The quantitative estimate of drug-likeness (QED) is 0.615. The smallest absolute Gasteiger partial charge is 0.338 e. The van der Waals surface area contributed by atoms with E-state index >= 15 is 0 Å². The maximum Gasteiger partial charge on any atom is 0.338 e. The van der Waals surface area contributed by atoms with E-state index in [-0.39, 0.29) is 23.7 Å². The van der Waals surface area contributed by atoms with Crippen LogP contribution in [0.4, 0.5) is 5.82 Å². The molecule has 0 aliphatic carbocycles. The van der Waals surface area contributed by atoms with Crippen LogP contribution in [0.2, 0.25) is 0 Å². The number of pyridine rings is 1. The second-order valence-corrected chi connectivity index (χ2v) is 3.50. The SMILES string of the molecule is CCOC(=O)C(O)C(O)c1cnc(N)c(OC)c1. The highest BCUT2D eigenvalue weighted by molar-refractivity contribution is 5.75. The maximum atomic E-state index is 11.3.